The number of hydrogen-bond donors (Lipinski definition) is 0. The topological polar surface area (TPSA) is 82.3 Å². The van der Waals surface area contributed by atoms with Gasteiger partial charge in [-0.1, -0.05) is 72.8 Å². The number of aromatic nitrogens is 7. The first kappa shape index (κ1) is 21.0. The molecule has 7 rings (SSSR count). The van der Waals surface area contributed by atoms with Crippen LogP contribution in [0.15, 0.2) is 116 Å². The van der Waals surface area contributed by atoms with Crippen LogP contribution >= 0.6 is 0 Å². The summed E-state index contributed by atoms with van der Waals surface area (Å²) in [7, 11) is 0. The first-order valence-electron chi connectivity index (χ1n) is 11.9. The summed E-state index contributed by atoms with van der Waals surface area (Å²) in [4.78, 5) is 28.1. The van der Waals surface area contributed by atoms with Crippen LogP contribution in [-0.4, -0.2) is 34.5 Å². The van der Waals surface area contributed by atoms with E-state index >= 15 is 0 Å². The fourth-order valence-electron chi connectivity index (χ4n) is 4.52. The fourth-order valence-corrected chi connectivity index (χ4v) is 4.52. The Morgan fingerprint density at radius 1 is 0.459 bits per heavy atom. The Labute approximate surface area is 212 Å². The van der Waals surface area contributed by atoms with Gasteiger partial charge in [-0.15, -0.1) is 0 Å². The maximum absolute atomic E-state index is 4.75. The molecule has 174 valence electrons. The Morgan fingerprint density at radius 2 is 1.03 bits per heavy atom. The molecule has 0 saturated carbocycles. The van der Waals surface area contributed by atoms with E-state index in [1.165, 1.54) is 0 Å². The van der Waals surface area contributed by atoms with Gasteiger partial charge in [0.25, 0.3) is 0 Å². The minimum Gasteiger partial charge on any atom is -0.278 e. The number of para-hydroxylation sites is 2. The fraction of sp³-hybridized carbons (Fsp3) is 0. The van der Waals surface area contributed by atoms with Crippen LogP contribution in [0.2, 0.25) is 0 Å². The molecule has 0 spiro atoms. The van der Waals surface area contributed by atoms with Crippen LogP contribution in [-0.2, 0) is 0 Å². The van der Waals surface area contributed by atoms with E-state index in [0.717, 1.165) is 27.4 Å². The summed E-state index contributed by atoms with van der Waals surface area (Å²) in [6.07, 6.45) is 5.25. The second-order valence-corrected chi connectivity index (χ2v) is 8.53. The molecule has 7 heteroatoms. The van der Waals surface area contributed by atoms with Crippen molar-refractivity contribution in [2.24, 2.45) is 0 Å². The number of benzene rings is 3. The average Bonchev–Trinajstić information content (AvgIpc) is 3.32. The lowest BCUT2D eigenvalue weighted by Gasteiger charge is -2.09. The van der Waals surface area contributed by atoms with Gasteiger partial charge >= 0.3 is 0 Å². The standard InChI is InChI=1S/C30H19N7/c1-2-10-20(11-3-1)27-34-28(36-29(35-27)24-14-8-9-17-31-24)21-18-32-30(33-19-21)37-25-15-6-4-12-22(25)23-13-5-7-16-26(23)37/h1-19H. The molecule has 3 aromatic carbocycles. The average molecular weight is 478 g/mol. The van der Waals surface area contributed by atoms with E-state index in [1.54, 1.807) is 18.6 Å². The van der Waals surface area contributed by atoms with Gasteiger partial charge in [0.15, 0.2) is 17.5 Å². The molecular weight excluding hydrogens is 458 g/mol. The van der Waals surface area contributed by atoms with Gasteiger partial charge in [0.1, 0.15) is 5.69 Å². The third-order valence-corrected chi connectivity index (χ3v) is 6.24. The molecule has 0 amide bonds. The van der Waals surface area contributed by atoms with Crippen molar-refractivity contribution in [3.05, 3.63) is 116 Å². The normalized spacial score (nSPS) is 11.2. The SMILES string of the molecule is c1ccc(-c2nc(-c3cnc(-n4c5ccccc5c5ccccc54)nc3)nc(-c3ccccn3)n2)cc1. The van der Waals surface area contributed by atoms with Crippen LogP contribution < -0.4 is 0 Å². The van der Waals surface area contributed by atoms with Crippen molar-refractivity contribution in [2.45, 2.75) is 0 Å². The number of rotatable bonds is 4. The maximum atomic E-state index is 4.75. The second-order valence-electron chi connectivity index (χ2n) is 8.53. The molecule has 37 heavy (non-hydrogen) atoms. The molecule has 7 aromatic rings. The van der Waals surface area contributed by atoms with Gasteiger partial charge in [-0.05, 0) is 24.3 Å². The van der Waals surface area contributed by atoms with E-state index in [-0.39, 0.29) is 0 Å². The minimum absolute atomic E-state index is 0.489. The van der Waals surface area contributed by atoms with Crippen molar-refractivity contribution in [2.75, 3.05) is 0 Å². The Kier molecular flexibility index (Phi) is 4.96. The molecule has 0 aliphatic carbocycles. The molecule has 0 unspecified atom stereocenters. The van der Waals surface area contributed by atoms with Gasteiger partial charge in [0, 0.05) is 34.9 Å². The van der Waals surface area contributed by atoms with Crippen molar-refractivity contribution >= 4 is 21.8 Å². The lowest BCUT2D eigenvalue weighted by atomic mass is 10.2. The van der Waals surface area contributed by atoms with Crippen LogP contribution in [0.4, 0.5) is 0 Å². The second kappa shape index (κ2) is 8.73. The van der Waals surface area contributed by atoms with Gasteiger partial charge in [-0.2, -0.15) is 0 Å². The molecule has 0 aliphatic heterocycles. The maximum Gasteiger partial charge on any atom is 0.234 e. The Balaban J connectivity index is 1.37. The first-order chi connectivity index (χ1) is 18.3. The highest BCUT2D eigenvalue weighted by Crippen LogP contribution is 2.31. The zero-order chi connectivity index (χ0) is 24.6. The van der Waals surface area contributed by atoms with Gasteiger partial charge in [0.05, 0.1) is 16.6 Å². The molecule has 0 bridgehead atoms. The predicted octanol–water partition coefficient (Wildman–Crippen LogP) is 6.15. The van der Waals surface area contributed by atoms with Crippen molar-refractivity contribution < 1.29 is 0 Å². The smallest absolute Gasteiger partial charge is 0.234 e. The zero-order valence-corrected chi connectivity index (χ0v) is 19.6. The molecular formula is C30H19N7. The van der Waals surface area contributed by atoms with Crippen LogP contribution in [0.25, 0.3) is 62.0 Å². The Morgan fingerprint density at radius 3 is 1.68 bits per heavy atom. The molecule has 4 heterocycles. The molecule has 0 fully saturated rings. The zero-order valence-electron chi connectivity index (χ0n) is 19.6. The largest absolute Gasteiger partial charge is 0.278 e. The molecule has 4 aromatic heterocycles. The highest BCUT2D eigenvalue weighted by atomic mass is 15.2. The summed E-state index contributed by atoms with van der Waals surface area (Å²) < 4.78 is 2.08. The summed E-state index contributed by atoms with van der Waals surface area (Å²) in [5, 5.41) is 2.33. The van der Waals surface area contributed by atoms with Crippen molar-refractivity contribution in [1.82, 2.24) is 34.5 Å². The number of hydrogen-bond acceptors (Lipinski definition) is 6. The summed E-state index contributed by atoms with van der Waals surface area (Å²) >= 11 is 0. The Bertz CT molecular complexity index is 1750. The summed E-state index contributed by atoms with van der Waals surface area (Å²) in [6, 6.07) is 32.1. The number of fused-ring (bicyclic) bond motifs is 3. The van der Waals surface area contributed by atoms with E-state index in [1.807, 2.05) is 72.8 Å². The van der Waals surface area contributed by atoms with E-state index in [0.29, 0.717) is 34.7 Å². The van der Waals surface area contributed by atoms with Gasteiger partial charge in [-0.25, -0.2) is 24.9 Å². The summed E-state index contributed by atoms with van der Waals surface area (Å²) in [5.41, 5.74) is 4.37. The molecule has 0 radical (unpaired) electrons. The summed E-state index contributed by atoms with van der Waals surface area (Å²) in [6.45, 7) is 0. The monoisotopic (exact) mass is 477 g/mol. The number of nitrogens with zero attached hydrogens (tertiary/aromatic N) is 7. The Hall–Kier alpha value is -5.30. The van der Waals surface area contributed by atoms with E-state index in [2.05, 4.69) is 33.8 Å². The lowest BCUT2D eigenvalue weighted by molar-refractivity contribution is 0.981. The van der Waals surface area contributed by atoms with Crippen molar-refractivity contribution in [1.29, 1.82) is 0 Å². The third kappa shape index (κ3) is 3.70. The third-order valence-electron chi connectivity index (χ3n) is 6.24. The highest BCUT2D eigenvalue weighted by molar-refractivity contribution is 6.08. The quantitative estimate of drug-likeness (QED) is 0.302. The van der Waals surface area contributed by atoms with Crippen LogP contribution in [0.3, 0.4) is 0 Å². The van der Waals surface area contributed by atoms with Crippen LogP contribution in [0.5, 0.6) is 0 Å². The number of pyridine rings is 1. The molecule has 0 aliphatic rings. The van der Waals surface area contributed by atoms with Crippen molar-refractivity contribution in [3.63, 3.8) is 0 Å². The highest BCUT2D eigenvalue weighted by Gasteiger charge is 2.16. The van der Waals surface area contributed by atoms with Crippen LogP contribution in [0.1, 0.15) is 0 Å². The lowest BCUT2D eigenvalue weighted by Crippen LogP contribution is -2.03. The van der Waals surface area contributed by atoms with Crippen LogP contribution in [0, 0.1) is 0 Å². The van der Waals surface area contributed by atoms with E-state index in [4.69, 9.17) is 24.9 Å². The molecule has 0 saturated heterocycles. The predicted molar refractivity (Wildman–Crippen MR) is 144 cm³/mol. The van der Waals surface area contributed by atoms with Crippen molar-refractivity contribution in [3.8, 4) is 40.2 Å². The van der Waals surface area contributed by atoms with E-state index in [9.17, 15) is 0 Å². The molecule has 7 nitrogen and oxygen atoms in total. The summed E-state index contributed by atoms with van der Waals surface area (Å²) in [5.74, 6) is 2.14. The van der Waals surface area contributed by atoms with Gasteiger partial charge in [0.2, 0.25) is 5.95 Å². The van der Waals surface area contributed by atoms with Gasteiger partial charge in [-0.3, -0.25) is 9.55 Å². The minimum atomic E-state index is 0.489. The van der Waals surface area contributed by atoms with Gasteiger partial charge < -0.3 is 0 Å². The molecule has 0 N–H and O–H groups in total. The van der Waals surface area contributed by atoms with E-state index < -0.39 is 0 Å². The molecule has 0 atom stereocenters. The first-order valence-corrected chi connectivity index (χ1v) is 11.9.